The van der Waals surface area contributed by atoms with Crippen LogP contribution in [0.5, 0.6) is 0 Å². The van der Waals surface area contributed by atoms with Crippen LogP contribution in [0.4, 0.5) is 5.69 Å². The van der Waals surface area contributed by atoms with Crippen LogP contribution in [0.15, 0.2) is 52.9 Å². The molecule has 3 atom stereocenters. The lowest BCUT2D eigenvalue weighted by molar-refractivity contribution is -0.140. The predicted octanol–water partition coefficient (Wildman–Crippen LogP) is 3.80. The first kappa shape index (κ1) is 31.7. The van der Waals surface area contributed by atoms with Crippen molar-refractivity contribution in [1.82, 2.24) is 20.0 Å². The van der Waals surface area contributed by atoms with Crippen molar-refractivity contribution in [3.05, 3.63) is 65.4 Å². The fourth-order valence-corrected chi connectivity index (χ4v) is 6.06. The maximum atomic E-state index is 13.9. The van der Waals surface area contributed by atoms with Gasteiger partial charge in [-0.2, -0.15) is 5.26 Å². The number of nitrogens with zero attached hydrogens (tertiary/aromatic N) is 4. The van der Waals surface area contributed by atoms with Gasteiger partial charge in [0.2, 0.25) is 11.8 Å². The van der Waals surface area contributed by atoms with Crippen LogP contribution >= 0.6 is 0 Å². The molecule has 0 aliphatic carbocycles. The zero-order chi connectivity index (χ0) is 32.1. The Hall–Kier alpha value is -4.69. The highest BCUT2D eigenvalue weighted by Gasteiger charge is 2.36. The number of Topliss-reactive ketones (excluding diaryl/α,β-unsaturated/α-hetero) is 1. The molecule has 11 nitrogen and oxygen atoms in total. The number of hydrogen-bond donors (Lipinski definition) is 2. The summed E-state index contributed by atoms with van der Waals surface area (Å²) in [7, 11) is 3.26. The minimum absolute atomic E-state index is 0.0128. The van der Waals surface area contributed by atoms with E-state index in [1.54, 1.807) is 48.2 Å². The number of fused-ring (bicyclic) bond motifs is 1. The monoisotopic (exact) mass is 612 g/mol. The Bertz CT molecular complexity index is 1620. The second-order valence-corrected chi connectivity index (χ2v) is 12.0. The van der Waals surface area contributed by atoms with Gasteiger partial charge in [0.25, 0.3) is 5.91 Å². The van der Waals surface area contributed by atoms with E-state index in [4.69, 9.17) is 4.42 Å². The van der Waals surface area contributed by atoms with Crippen molar-refractivity contribution < 1.29 is 23.6 Å². The Morgan fingerprint density at radius 3 is 2.49 bits per heavy atom. The van der Waals surface area contributed by atoms with Gasteiger partial charge < -0.3 is 24.4 Å². The number of amides is 3. The third kappa shape index (κ3) is 7.35. The van der Waals surface area contributed by atoms with Crippen molar-refractivity contribution in [2.75, 3.05) is 45.6 Å². The van der Waals surface area contributed by atoms with Gasteiger partial charge in [0, 0.05) is 55.9 Å². The number of ketones is 1. The molecule has 11 heteroatoms. The summed E-state index contributed by atoms with van der Waals surface area (Å²) in [6.07, 6.45) is 2.95. The molecule has 2 unspecified atom stereocenters. The summed E-state index contributed by atoms with van der Waals surface area (Å²) >= 11 is 0. The number of nitriles is 1. The summed E-state index contributed by atoms with van der Waals surface area (Å²) < 4.78 is 5.71. The van der Waals surface area contributed by atoms with Crippen molar-refractivity contribution in [1.29, 1.82) is 5.26 Å². The first-order valence-electron chi connectivity index (χ1n) is 15.5. The number of carbonyl (C=O) groups excluding carboxylic acids is 4. The van der Waals surface area contributed by atoms with E-state index in [9.17, 15) is 24.4 Å². The number of anilines is 1. The van der Waals surface area contributed by atoms with Crippen LogP contribution in [0, 0.1) is 24.2 Å². The lowest BCUT2D eigenvalue weighted by Gasteiger charge is -2.31. The van der Waals surface area contributed by atoms with Crippen LogP contribution < -0.4 is 10.6 Å². The van der Waals surface area contributed by atoms with E-state index >= 15 is 0 Å². The number of rotatable bonds is 10. The average Bonchev–Trinajstić information content (AvgIpc) is 3.67. The number of hydrogen-bond acceptors (Lipinski definition) is 8. The lowest BCUT2D eigenvalue weighted by Crippen LogP contribution is -2.55. The van der Waals surface area contributed by atoms with Gasteiger partial charge in [-0.25, -0.2) is 0 Å². The highest BCUT2D eigenvalue weighted by molar-refractivity contribution is 6.03. The fourth-order valence-electron chi connectivity index (χ4n) is 6.06. The molecular weight excluding hydrogens is 572 g/mol. The Kier molecular flexibility index (Phi) is 9.83. The SMILES string of the molecule is Cc1cc2cc(NC(N[C@H]3CCCCN(CC(=O)N4CCCC4)C3=O)C(C#N)C(=O)c3cccc(C(=O)N(C)C)c3)ccc2o1. The van der Waals surface area contributed by atoms with E-state index < -0.39 is 23.9 Å². The summed E-state index contributed by atoms with van der Waals surface area (Å²) in [6, 6.07) is 15.1. The fraction of sp³-hybridized carbons (Fsp3) is 0.441. The number of likely N-dealkylation sites (tertiary alicyclic amines) is 2. The van der Waals surface area contributed by atoms with Gasteiger partial charge in [-0.05, 0) is 75.4 Å². The van der Waals surface area contributed by atoms with Crippen LogP contribution in [-0.2, 0) is 9.59 Å². The van der Waals surface area contributed by atoms with Crippen LogP contribution in [0.25, 0.3) is 11.0 Å². The molecule has 0 bridgehead atoms. The lowest BCUT2D eigenvalue weighted by atomic mass is 9.93. The molecular formula is C34H40N6O5. The number of aryl methyl sites for hydroxylation is 1. The molecule has 0 radical (unpaired) electrons. The van der Waals surface area contributed by atoms with Crippen molar-refractivity contribution >= 4 is 40.2 Å². The Morgan fingerprint density at radius 2 is 1.76 bits per heavy atom. The zero-order valence-electron chi connectivity index (χ0n) is 26.0. The van der Waals surface area contributed by atoms with Crippen LogP contribution in [0.1, 0.15) is 58.6 Å². The minimum Gasteiger partial charge on any atom is -0.461 e. The molecule has 3 heterocycles. The molecule has 236 valence electrons. The molecule has 1 aromatic heterocycles. The summed E-state index contributed by atoms with van der Waals surface area (Å²) in [5, 5.41) is 17.9. The van der Waals surface area contributed by atoms with Gasteiger partial charge in [0.15, 0.2) is 5.78 Å². The van der Waals surface area contributed by atoms with E-state index in [1.807, 2.05) is 25.1 Å². The van der Waals surface area contributed by atoms with Crippen LogP contribution in [-0.4, -0.2) is 90.7 Å². The zero-order valence-corrected chi connectivity index (χ0v) is 26.0. The van der Waals surface area contributed by atoms with Crippen LogP contribution in [0.2, 0.25) is 0 Å². The summed E-state index contributed by atoms with van der Waals surface area (Å²) in [5.74, 6) is -1.54. The highest BCUT2D eigenvalue weighted by atomic mass is 16.3. The van der Waals surface area contributed by atoms with Crippen molar-refractivity contribution in [3.63, 3.8) is 0 Å². The summed E-state index contributed by atoms with van der Waals surface area (Å²) in [4.78, 5) is 58.1. The minimum atomic E-state index is -1.26. The first-order valence-corrected chi connectivity index (χ1v) is 15.5. The van der Waals surface area contributed by atoms with Gasteiger partial charge in [-0.15, -0.1) is 0 Å². The van der Waals surface area contributed by atoms with E-state index in [1.165, 1.54) is 11.0 Å². The standard InChI is InChI=1S/C34H40N6O5/c1-22-17-25-19-26(12-13-29(25)45-22)36-32(27(20-35)31(42)23-9-8-10-24(18-23)33(43)38(2)3)37-28-11-4-5-16-40(34(28)44)21-30(41)39-14-6-7-15-39/h8-10,12-13,17-19,27-28,32,36-37H,4-7,11,14-16,21H2,1-3H3/t27?,28-,32?/m0/s1. The van der Waals surface area contributed by atoms with Gasteiger partial charge in [-0.3, -0.25) is 24.5 Å². The molecule has 2 aromatic carbocycles. The molecule has 2 aliphatic heterocycles. The second-order valence-electron chi connectivity index (χ2n) is 12.0. The molecule has 0 saturated carbocycles. The third-order valence-corrected chi connectivity index (χ3v) is 8.46. The van der Waals surface area contributed by atoms with Crippen molar-refractivity contribution in [2.45, 2.75) is 51.2 Å². The van der Waals surface area contributed by atoms with Gasteiger partial charge in [0.05, 0.1) is 18.7 Å². The number of furan rings is 1. The van der Waals surface area contributed by atoms with Crippen molar-refractivity contribution in [3.8, 4) is 6.07 Å². The summed E-state index contributed by atoms with van der Waals surface area (Å²) in [6.45, 7) is 3.76. The van der Waals surface area contributed by atoms with Gasteiger partial charge in [0.1, 0.15) is 23.4 Å². The molecule has 2 aliphatic rings. The Labute approximate surface area is 263 Å². The van der Waals surface area contributed by atoms with Gasteiger partial charge >= 0.3 is 0 Å². The Balaban J connectivity index is 1.43. The quantitative estimate of drug-likeness (QED) is 0.261. The second kappa shape index (κ2) is 13.9. The number of nitrogens with one attached hydrogen (secondary N) is 2. The summed E-state index contributed by atoms with van der Waals surface area (Å²) in [5.41, 5.74) is 1.88. The molecule has 45 heavy (non-hydrogen) atoms. The molecule has 0 spiro atoms. The first-order chi connectivity index (χ1) is 21.6. The van der Waals surface area contributed by atoms with E-state index in [0.29, 0.717) is 42.9 Å². The maximum absolute atomic E-state index is 13.9. The van der Waals surface area contributed by atoms with E-state index in [2.05, 4.69) is 16.7 Å². The highest BCUT2D eigenvalue weighted by Crippen LogP contribution is 2.25. The van der Waals surface area contributed by atoms with Gasteiger partial charge in [-0.1, -0.05) is 12.1 Å². The molecule has 5 rings (SSSR count). The molecule has 2 N–H and O–H groups in total. The largest absolute Gasteiger partial charge is 0.461 e. The third-order valence-electron chi connectivity index (χ3n) is 8.46. The average molecular weight is 613 g/mol. The smallest absolute Gasteiger partial charge is 0.253 e. The predicted molar refractivity (Wildman–Crippen MR) is 169 cm³/mol. The molecule has 2 saturated heterocycles. The molecule has 3 amide bonds. The van der Waals surface area contributed by atoms with E-state index in [0.717, 1.165) is 36.8 Å². The van der Waals surface area contributed by atoms with E-state index in [-0.39, 0.29) is 29.8 Å². The Morgan fingerprint density at radius 1 is 1.02 bits per heavy atom. The number of benzene rings is 2. The molecule has 3 aromatic rings. The normalized spacial score (nSPS) is 18.3. The maximum Gasteiger partial charge on any atom is 0.253 e. The topological polar surface area (TPSA) is 139 Å². The number of carbonyl (C=O) groups is 4. The molecule has 2 fully saturated rings. The van der Waals surface area contributed by atoms with Crippen molar-refractivity contribution in [2.24, 2.45) is 5.92 Å². The van der Waals surface area contributed by atoms with Crippen LogP contribution in [0.3, 0.4) is 0 Å².